The number of fused-ring (bicyclic) bond motifs is 1. The van der Waals surface area contributed by atoms with Crippen molar-refractivity contribution in [2.45, 2.75) is 33.4 Å². The molecule has 0 bridgehead atoms. The van der Waals surface area contributed by atoms with Gasteiger partial charge in [-0.05, 0) is 62.2 Å². The van der Waals surface area contributed by atoms with Crippen molar-refractivity contribution in [3.8, 4) is 17.6 Å². The van der Waals surface area contributed by atoms with Gasteiger partial charge in [0.1, 0.15) is 0 Å². The molecule has 1 aromatic heterocycles. The van der Waals surface area contributed by atoms with Gasteiger partial charge in [0.05, 0.1) is 43.2 Å². The minimum Gasteiger partial charge on any atom is -0.493 e. The molecule has 47 heavy (non-hydrogen) atoms. The van der Waals surface area contributed by atoms with E-state index >= 15 is 0 Å². The van der Waals surface area contributed by atoms with Gasteiger partial charge in [0.25, 0.3) is 5.91 Å². The molecule has 0 spiro atoms. The quantitative estimate of drug-likeness (QED) is 0.124. The van der Waals surface area contributed by atoms with E-state index in [1.54, 1.807) is 50.4 Å². The summed E-state index contributed by atoms with van der Waals surface area (Å²) >= 11 is 0. The van der Waals surface area contributed by atoms with Gasteiger partial charge < -0.3 is 29.4 Å². The number of nitrogens with zero attached hydrogens (tertiary/aromatic N) is 3. The Morgan fingerprint density at radius 1 is 1.09 bits per heavy atom. The van der Waals surface area contributed by atoms with Crippen molar-refractivity contribution in [3.05, 3.63) is 106 Å². The molecule has 1 aliphatic heterocycles. The van der Waals surface area contributed by atoms with Gasteiger partial charge in [-0.2, -0.15) is 10.4 Å². The van der Waals surface area contributed by atoms with E-state index in [-0.39, 0.29) is 24.5 Å². The Bertz CT molecular complexity index is 1940. The standard InChI is InChI=1S/C35H34N6O6/c1-5-46-34(43)32-21(2)38-35(44)39-33(32)25-14-15-29(30(16-25)45-4)47-20-31(42)40-37-18-27-22(3)41(28-9-7-6-8-26(27)28)19-24-12-10-23(17-36)11-13-24/h6-16,18,33H,5,19-20H2,1-4H3,(H,40,42)(H2,38,39,44)/b37-18+/t33-/m1/s1. The number of ether oxygens (including phenoxy) is 3. The third-order valence-electron chi connectivity index (χ3n) is 7.73. The first-order chi connectivity index (χ1) is 22.7. The largest absolute Gasteiger partial charge is 0.493 e. The summed E-state index contributed by atoms with van der Waals surface area (Å²) in [6.07, 6.45) is 1.62. The highest BCUT2D eigenvalue weighted by atomic mass is 16.5. The maximum Gasteiger partial charge on any atom is 0.338 e. The van der Waals surface area contributed by atoms with Gasteiger partial charge in [-0.1, -0.05) is 36.4 Å². The molecule has 1 atom stereocenters. The lowest BCUT2D eigenvalue weighted by Crippen LogP contribution is -2.45. The van der Waals surface area contributed by atoms with E-state index < -0.39 is 23.9 Å². The second-order valence-electron chi connectivity index (χ2n) is 10.7. The third-order valence-corrected chi connectivity index (χ3v) is 7.73. The van der Waals surface area contributed by atoms with E-state index in [4.69, 9.17) is 19.5 Å². The van der Waals surface area contributed by atoms with Crippen LogP contribution < -0.4 is 25.5 Å². The number of amides is 3. The molecule has 0 saturated carbocycles. The minimum atomic E-state index is -0.776. The summed E-state index contributed by atoms with van der Waals surface area (Å²) in [5.41, 5.74) is 8.25. The van der Waals surface area contributed by atoms with Crippen LogP contribution in [0.2, 0.25) is 0 Å². The summed E-state index contributed by atoms with van der Waals surface area (Å²) in [6.45, 7) is 5.77. The fourth-order valence-corrected chi connectivity index (χ4v) is 5.44. The van der Waals surface area contributed by atoms with E-state index in [0.29, 0.717) is 29.1 Å². The zero-order chi connectivity index (χ0) is 33.5. The molecule has 0 aliphatic carbocycles. The predicted molar refractivity (Wildman–Crippen MR) is 175 cm³/mol. The number of aromatic nitrogens is 1. The van der Waals surface area contributed by atoms with Gasteiger partial charge in [-0.15, -0.1) is 0 Å². The molecule has 3 N–H and O–H groups in total. The molecule has 0 saturated heterocycles. The maximum atomic E-state index is 12.7. The first-order valence-electron chi connectivity index (χ1n) is 14.9. The molecule has 12 nitrogen and oxygen atoms in total. The predicted octanol–water partition coefficient (Wildman–Crippen LogP) is 4.60. The number of carbonyl (C=O) groups excluding carboxylic acids is 3. The number of esters is 1. The van der Waals surface area contributed by atoms with E-state index in [9.17, 15) is 14.4 Å². The van der Waals surface area contributed by atoms with Crippen LogP contribution in [-0.4, -0.2) is 49.0 Å². The van der Waals surface area contributed by atoms with Gasteiger partial charge in [0.15, 0.2) is 18.1 Å². The van der Waals surface area contributed by atoms with Crippen molar-refractivity contribution >= 4 is 35.0 Å². The van der Waals surface area contributed by atoms with Crippen molar-refractivity contribution < 1.29 is 28.6 Å². The lowest BCUT2D eigenvalue weighted by atomic mass is 9.95. The number of nitrogens with one attached hydrogen (secondary N) is 3. The Hall–Kier alpha value is -6.09. The van der Waals surface area contributed by atoms with Crippen LogP contribution in [0.4, 0.5) is 4.79 Å². The molecular weight excluding hydrogens is 600 g/mol. The molecule has 5 rings (SSSR count). The Morgan fingerprint density at radius 3 is 2.57 bits per heavy atom. The molecule has 240 valence electrons. The highest BCUT2D eigenvalue weighted by molar-refractivity contribution is 6.01. The summed E-state index contributed by atoms with van der Waals surface area (Å²) < 4.78 is 18.6. The normalized spacial score (nSPS) is 14.4. The van der Waals surface area contributed by atoms with Crippen LogP contribution in [0.1, 0.15) is 47.8 Å². The van der Waals surface area contributed by atoms with Crippen molar-refractivity contribution in [1.29, 1.82) is 5.26 Å². The van der Waals surface area contributed by atoms with Crippen LogP contribution >= 0.6 is 0 Å². The number of benzene rings is 3. The van der Waals surface area contributed by atoms with Crippen LogP contribution in [0.3, 0.4) is 0 Å². The number of urea groups is 1. The number of methoxy groups -OCH3 is 1. The third kappa shape index (κ3) is 7.10. The molecule has 1 aliphatic rings. The average Bonchev–Trinajstić information content (AvgIpc) is 3.33. The van der Waals surface area contributed by atoms with E-state index in [2.05, 4.69) is 31.8 Å². The molecule has 12 heteroatoms. The van der Waals surface area contributed by atoms with Crippen LogP contribution in [0.5, 0.6) is 11.5 Å². The summed E-state index contributed by atoms with van der Waals surface area (Å²) in [4.78, 5) is 37.6. The Kier molecular flexibility index (Phi) is 9.86. The minimum absolute atomic E-state index is 0.182. The molecule has 0 unspecified atom stereocenters. The van der Waals surface area contributed by atoms with Crippen molar-refractivity contribution in [2.24, 2.45) is 5.10 Å². The number of para-hydroxylation sites is 1. The van der Waals surface area contributed by atoms with Gasteiger partial charge >= 0.3 is 12.0 Å². The lowest BCUT2D eigenvalue weighted by molar-refractivity contribution is -0.139. The van der Waals surface area contributed by atoms with Crippen molar-refractivity contribution in [1.82, 2.24) is 20.6 Å². The zero-order valence-corrected chi connectivity index (χ0v) is 26.4. The van der Waals surface area contributed by atoms with Crippen LogP contribution in [-0.2, 0) is 20.9 Å². The molecule has 3 amide bonds. The Morgan fingerprint density at radius 2 is 1.85 bits per heavy atom. The summed E-state index contributed by atoms with van der Waals surface area (Å²) in [7, 11) is 1.45. The van der Waals surface area contributed by atoms with Crippen LogP contribution in [0, 0.1) is 18.3 Å². The number of nitriles is 1. The van der Waals surface area contributed by atoms with Crippen molar-refractivity contribution in [2.75, 3.05) is 20.3 Å². The van der Waals surface area contributed by atoms with Gasteiger partial charge in [0.2, 0.25) is 0 Å². The monoisotopic (exact) mass is 634 g/mol. The molecule has 0 fully saturated rings. The number of allylic oxidation sites excluding steroid dienone is 1. The molecule has 2 heterocycles. The lowest BCUT2D eigenvalue weighted by Gasteiger charge is -2.28. The number of hydrazone groups is 1. The van der Waals surface area contributed by atoms with E-state index in [0.717, 1.165) is 27.7 Å². The molecular formula is C35H34N6O6. The fraction of sp³-hybridized carbons (Fsp3) is 0.229. The smallest absolute Gasteiger partial charge is 0.338 e. The Balaban J connectivity index is 1.27. The topological polar surface area (TPSA) is 156 Å². The SMILES string of the molecule is CCOC(=O)C1=C(C)NC(=O)N[C@@H]1c1ccc(OCC(=O)N/N=C/c2c(C)n(Cc3ccc(C#N)cc3)c3ccccc23)c(OC)c1. The average molecular weight is 635 g/mol. The summed E-state index contributed by atoms with van der Waals surface area (Å²) in [6, 6.07) is 21.2. The van der Waals surface area contributed by atoms with E-state index in [1.807, 2.05) is 43.3 Å². The first-order valence-corrected chi connectivity index (χ1v) is 14.9. The number of hydrogen-bond donors (Lipinski definition) is 3. The highest BCUT2D eigenvalue weighted by Gasteiger charge is 2.32. The summed E-state index contributed by atoms with van der Waals surface area (Å²) in [5, 5.41) is 19.6. The van der Waals surface area contributed by atoms with Gasteiger partial charge in [-0.25, -0.2) is 15.0 Å². The number of hydrogen-bond acceptors (Lipinski definition) is 8. The second-order valence-corrected chi connectivity index (χ2v) is 10.7. The molecule has 3 aromatic carbocycles. The first kappa shape index (κ1) is 32.3. The van der Waals surface area contributed by atoms with Gasteiger partial charge in [0, 0.05) is 34.4 Å². The van der Waals surface area contributed by atoms with Crippen molar-refractivity contribution in [3.63, 3.8) is 0 Å². The number of rotatable bonds is 11. The highest BCUT2D eigenvalue weighted by Crippen LogP contribution is 2.34. The fourth-order valence-electron chi connectivity index (χ4n) is 5.44. The maximum absolute atomic E-state index is 12.7. The molecule has 0 radical (unpaired) electrons. The summed E-state index contributed by atoms with van der Waals surface area (Å²) in [5.74, 6) is -0.445. The number of carbonyl (C=O) groups is 3. The second kappa shape index (κ2) is 14.3. The van der Waals surface area contributed by atoms with Gasteiger partial charge in [-0.3, -0.25) is 4.79 Å². The zero-order valence-electron chi connectivity index (χ0n) is 26.4. The van der Waals surface area contributed by atoms with E-state index in [1.165, 1.54) is 7.11 Å². The van der Waals surface area contributed by atoms with Crippen LogP contribution in [0.15, 0.2) is 83.1 Å². The Labute approximate surface area is 271 Å². The van der Waals surface area contributed by atoms with Crippen LogP contribution in [0.25, 0.3) is 10.9 Å². The molecule has 4 aromatic rings.